The predicted octanol–water partition coefficient (Wildman–Crippen LogP) is 4.02. The summed E-state index contributed by atoms with van der Waals surface area (Å²) in [4.78, 5) is 11.6. The van der Waals surface area contributed by atoms with Gasteiger partial charge in [0.25, 0.3) is 0 Å². The van der Waals surface area contributed by atoms with E-state index in [0.29, 0.717) is 10.8 Å². The summed E-state index contributed by atoms with van der Waals surface area (Å²) in [6.07, 6.45) is 7.95. The summed E-state index contributed by atoms with van der Waals surface area (Å²) in [6, 6.07) is 7.24. The first-order valence-electron chi connectivity index (χ1n) is 10.7. The molecule has 160 valence electrons. The van der Waals surface area contributed by atoms with Gasteiger partial charge in [-0.15, -0.1) is 0 Å². The molecule has 1 saturated heterocycles. The van der Waals surface area contributed by atoms with Crippen LogP contribution in [0, 0.1) is 5.82 Å². The van der Waals surface area contributed by atoms with Crippen molar-refractivity contribution in [2.45, 2.75) is 55.8 Å². The van der Waals surface area contributed by atoms with Gasteiger partial charge in [0, 0.05) is 12.2 Å². The van der Waals surface area contributed by atoms with Gasteiger partial charge in [-0.2, -0.15) is 0 Å². The largest absolute Gasteiger partial charge is 0.351 e. The average molecular weight is 429 g/mol. The number of nitrogens with two attached hydrogens (primary N) is 2. The van der Waals surface area contributed by atoms with Crippen molar-refractivity contribution in [3.63, 3.8) is 0 Å². The minimum atomic E-state index is -0.436. The van der Waals surface area contributed by atoms with E-state index in [2.05, 4.69) is 16.7 Å². The molecule has 1 heterocycles. The number of hydrogen-bond donors (Lipinski definition) is 4. The molecule has 0 bridgehead atoms. The van der Waals surface area contributed by atoms with Gasteiger partial charge >= 0.3 is 6.03 Å². The topological polar surface area (TPSA) is 93.2 Å². The summed E-state index contributed by atoms with van der Waals surface area (Å²) in [7, 11) is 0. The molecule has 2 aromatic rings. The molecule has 2 aromatic carbocycles. The lowest BCUT2D eigenvalue weighted by atomic mass is 9.98. The van der Waals surface area contributed by atoms with Crippen molar-refractivity contribution in [2.24, 2.45) is 10.9 Å². The molecule has 0 spiro atoms. The van der Waals surface area contributed by atoms with Crippen LogP contribution >= 0.6 is 11.9 Å². The van der Waals surface area contributed by atoms with Crippen molar-refractivity contribution in [3.8, 4) is 0 Å². The standard InChI is InChI=1S/C13H16N2O.C10H13FN2S/c14-13(16)15-12-10-5-1-3-8(10)7-9-4-2-6-11(9)12;11-9-5-7(1-2-10(9)14-12)8-3-4-13-6-8/h7H,1-6H2,(H3,14,15,16);1-2,5,8,13H,3-4,6,12H2. The maximum atomic E-state index is 13.4. The van der Waals surface area contributed by atoms with Crippen molar-refractivity contribution in [2.75, 3.05) is 18.4 Å². The van der Waals surface area contributed by atoms with Gasteiger partial charge in [-0.1, -0.05) is 12.1 Å². The van der Waals surface area contributed by atoms with Gasteiger partial charge in [0.05, 0.1) is 4.90 Å². The zero-order chi connectivity index (χ0) is 21.1. The number of carbonyl (C=O) groups is 1. The minimum Gasteiger partial charge on any atom is -0.351 e. The molecule has 30 heavy (non-hydrogen) atoms. The molecule has 2 aliphatic carbocycles. The third-order valence-corrected chi connectivity index (χ3v) is 6.92. The number of rotatable bonds is 3. The number of urea groups is 1. The number of fused-ring (bicyclic) bond motifs is 2. The van der Waals surface area contributed by atoms with E-state index in [0.717, 1.165) is 68.4 Å². The molecule has 1 atom stereocenters. The molecular formula is C23H29FN4OS. The van der Waals surface area contributed by atoms with E-state index < -0.39 is 6.03 Å². The summed E-state index contributed by atoms with van der Waals surface area (Å²) >= 11 is 0.956. The van der Waals surface area contributed by atoms with Crippen LogP contribution in [0.3, 0.4) is 0 Å². The number of benzene rings is 2. The summed E-state index contributed by atoms with van der Waals surface area (Å²) in [5, 5.41) is 11.4. The van der Waals surface area contributed by atoms with Crippen LogP contribution in [0.1, 0.15) is 53.0 Å². The normalized spacial score (nSPS) is 19.1. The Morgan fingerprint density at radius 3 is 2.33 bits per heavy atom. The minimum absolute atomic E-state index is 0.207. The highest BCUT2D eigenvalue weighted by molar-refractivity contribution is 7.97. The second kappa shape index (κ2) is 9.37. The smallest absolute Gasteiger partial charge is 0.316 e. The predicted molar refractivity (Wildman–Crippen MR) is 120 cm³/mol. The van der Waals surface area contributed by atoms with E-state index in [9.17, 15) is 9.18 Å². The lowest BCUT2D eigenvalue weighted by molar-refractivity contribution is 0.259. The first kappa shape index (κ1) is 21.2. The third kappa shape index (κ3) is 4.48. The van der Waals surface area contributed by atoms with Crippen LogP contribution in [-0.2, 0) is 25.7 Å². The van der Waals surface area contributed by atoms with Crippen LogP contribution in [0.25, 0.3) is 0 Å². The highest BCUT2D eigenvalue weighted by Crippen LogP contribution is 2.38. The molecule has 1 fully saturated rings. The van der Waals surface area contributed by atoms with Gasteiger partial charge < -0.3 is 16.4 Å². The number of nitrogens with one attached hydrogen (secondary N) is 2. The van der Waals surface area contributed by atoms with Crippen LogP contribution in [0.5, 0.6) is 0 Å². The van der Waals surface area contributed by atoms with E-state index in [-0.39, 0.29) is 5.82 Å². The third-order valence-electron chi connectivity index (χ3n) is 6.34. The molecular weight excluding hydrogens is 399 g/mol. The van der Waals surface area contributed by atoms with E-state index in [1.807, 2.05) is 6.07 Å². The molecule has 2 amide bonds. The Labute approximate surface area is 181 Å². The van der Waals surface area contributed by atoms with Crippen molar-refractivity contribution >= 4 is 23.7 Å². The Hall–Kier alpha value is -2.09. The molecule has 3 aliphatic rings. The fourth-order valence-electron chi connectivity index (χ4n) is 4.90. The molecule has 6 N–H and O–H groups in total. The number of primary amides is 1. The fourth-order valence-corrected chi connectivity index (χ4v) is 5.21. The van der Waals surface area contributed by atoms with E-state index in [4.69, 9.17) is 10.9 Å². The maximum Gasteiger partial charge on any atom is 0.316 e. The molecule has 5 rings (SSSR count). The quantitative estimate of drug-likeness (QED) is 0.556. The van der Waals surface area contributed by atoms with E-state index in [1.165, 1.54) is 35.1 Å². The number of aryl methyl sites for hydroxylation is 2. The molecule has 0 saturated carbocycles. The lowest BCUT2D eigenvalue weighted by Crippen LogP contribution is -2.21. The molecule has 1 aliphatic heterocycles. The lowest BCUT2D eigenvalue weighted by Gasteiger charge is -2.14. The zero-order valence-electron chi connectivity index (χ0n) is 17.1. The molecule has 7 heteroatoms. The second-order valence-electron chi connectivity index (χ2n) is 8.22. The first-order valence-corrected chi connectivity index (χ1v) is 11.5. The summed E-state index contributed by atoms with van der Waals surface area (Å²) < 4.78 is 13.4. The van der Waals surface area contributed by atoms with Crippen LogP contribution in [-0.4, -0.2) is 19.1 Å². The van der Waals surface area contributed by atoms with Crippen molar-refractivity contribution in [3.05, 3.63) is 57.9 Å². The van der Waals surface area contributed by atoms with Crippen molar-refractivity contribution < 1.29 is 9.18 Å². The summed E-state index contributed by atoms with van der Waals surface area (Å²) in [6.45, 7) is 1.98. The van der Waals surface area contributed by atoms with Crippen LogP contribution < -0.4 is 21.5 Å². The summed E-state index contributed by atoms with van der Waals surface area (Å²) in [5.74, 6) is 0.253. The van der Waals surface area contributed by atoms with E-state index >= 15 is 0 Å². The molecule has 0 radical (unpaired) electrons. The monoisotopic (exact) mass is 428 g/mol. The average Bonchev–Trinajstić information content (AvgIpc) is 3.49. The Bertz CT molecular complexity index is 911. The van der Waals surface area contributed by atoms with Crippen molar-refractivity contribution in [1.29, 1.82) is 0 Å². The second-order valence-corrected chi connectivity index (χ2v) is 8.90. The Kier molecular flexibility index (Phi) is 6.61. The summed E-state index contributed by atoms with van der Waals surface area (Å²) in [5.41, 5.74) is 12.9. The Morgan fingerprint density at radius 1 is 1.10 bits per heavy atom. The van der Waals surface area contributed by atoms with Gasteiger partial charge in [0.15, 0.2) is 0 Å². The zero-order valence-corrected chi connectivity index (χ0v) is 17.9. The molecule has 5 nitrogen and oxygen atoms in total. The fraction of sp³-hybridized carbons (Fsp3) is 0.435. The first-order chi connectivity index (χ1) is 14.6. The highest BCUT2D eigenvalue weighted by Gasteiger charge is 2.24. The molecule has 1 unspecified atom stereocenters. The Balaban J connectivity index is 0.000000147. The SMILES string of the molecule is NC(=O)Nc1c2c(cc3c1CCC3)CCC2.NSc1ccc(C2CCNC2)cc1F. The van der Waals surface area contributed by atoms with Crippen LogP contribution in [0.2, 0.25) is 0 Å². The van der Waals surface area contributed by atoms with Crippen molar-refractivity contribution in [1.82, 2.24) is 5.32 Å². The maximum absolute atomic E-state index is 13.4. The highest BCUT2D eigenvalue weighted by atomic mass is 32.2. The molecule has 0 aromatic heterocycles. The number of amides is 2. The van der Waals surface area contributed by atoms with Gasteiger partial charge in [-0.05, 0) is 109 Å². The van der Waals surface area contributed by atoms with Gasteiger partial charge in [-0.3, -0.25) is 5.14 Å². The van der Waals surface area contributed by atoms with Crippen LogP contribution in [0.15, 0.2) is 29.2 Å². The number of anilines is 1. The van der Waals surface area contributed by atoms with Crippen LogP contribution in [0.4, 0.5) is 14.9 Å². The number of halogens is 1. The number of hydrogen-bond acceptors (Lipinski definition) is 4. The van der Waals surface area contributed by atoms with Gasteiger partial charge in [0.1, 0.15) is 5.82 Å². The van der Waals surface area contributed by atoms with Gasteiger partial charge in [0.2, 0.25) is 0 Å². The van der Waals surface area contributed by atoms with E-state index in [1.54, 1.807) is 12.1 Å². The van der Waals surface area contributed by atoms with Gasteiger partial charge in [-0.25, -0.2) is 9.18 Å². The Morgan fingerprint density at radius 2 is 1.80 bits per heavy atom. The number of carbonyl (C=O) groups excluding carboxylic acids is 1.